The topological polar surface area (TPSA) is 69.2 Å². The zero-order chi connectivity index (χ0) is 21.4. The minimum atomic E-state index is -4.21. The summed E-state index contributed by atoms with van der Waals surface area (Å²) in [5.74, 6) is 0.684. The molecule has 1 aromatic carbocycles. The standard InChI is InChI=1S/C19H28F3N5O2.HI/c1-4-23-17(27-11-9-26(10-12-27)14(2)19(20,21)22)24-13-15-5-7-16(8-6-15)25-18(28)29-3;/h5-8,14H,4,9-13H2,1-3H3,(H,23,24)(H,25,28);1H. The molecule has 7 nitrogen and oxygen atoms in total. The molecular formula is C19H29F3IN5O2. The highest BCUT2D eigenvalue weighted by Gasteiger charge is 2.41. The Morgan fingerprint density at radius 2 is 1.80 bits per heavy atom. The molecule has 1 aromatic rings. The molecule has 1 aliphatic rings. The van der Waals surface area contributed by atoms with Gasteiger partial charge in [-0.2, -0.15) is 13.2 Å². The molecule has 0 bridgehead atoms. The van der Waals surface area contributed by atoms with E-state index in [0.29, 0.717) is 50.9 Å². The van der Waals surface area contributed by atoms with Crippen molar-refractivity contribution >= 4 is 41.7 Å². The van der Waals surface area contributed by atoms with Crippen molar-refractivity contribution < 1.29 is 22.7 Å². The first kappa shape index (κ1) is 26.3. The molecular weight excluding hydrogens is 514 g/mol. The van der Waals surface area contributed by atoms with Crippen LogP contribution in [0.15, 0.2) is 29.3 Å². The minimum absolute atomic E-state index is 0. The summed E-state index contributed by atoms with van der Waals surface area (Å²) in [6.45, 7) is 5.86. The summed E-state index contributed by atoms with van der Waals surface area (Å²) >= 11 is 0. The number of amides is 1. The van der Waals surface area contributed by atoms with Crippen molar-refractivity contribution in [2.45, 2.75) is 32.6 Å². The number of rotatable bonds is 5. The van der Waals surface area contributed by atoms with Crippen molar-refractivity contribution in [1.82, 2.24) is 15.1 Å². The van der Waals surface area contributed by atoms with Gasteiger partial charge in [-0.05, 0) is 31.5 Å². The molecule has 11 heteroatoms. The van der Waals surface area contributed by atoms with Gasteiger partial charge in [0, 0.05) is 38.4 Å². The van der Waals surface area contributed by atoms with Crippen molar-refractivity contribution in [2.75, 3.05) is 45.2 Å². The van der Waals surface area contributed by atoms with Crippen LogP contribution >= 0.6 is 24.0 Å². The molecule has 0 aliphatic carbocycles. The third-order valence-electron chi connectivity index (χ3n) is 4.77. The fraction of sp³-hybridized carbons (Fsp3) is 0.579. The summed E-state index contributed by atoms with van der Waals surface area (Å²) in [5.41, 5.74) is 1.56. The molecule has 2 rings (SSSR count). The van der Waals surface area contributed by atoms with E-state index in [1.54, 1.807) is 12.1 Å². The summed E-state index contributed by atoms with van der Waals surface area (Å²) in [6, 6.07) is 5.77. The van der Waals surface area contributed by atoms with Gasteiger partial charge in [0.05, 0.1) is 13.7 Å². The van der Waals surface area contributed by atoms with E-state index in [4.69, 9.17) is 0 Å². The van der Waals surface area contributed by atoms with E-state index in [1.165, 1.54) is 18.9 Å². The lowest BCUT2D eigenvalue weighted by Crippen LogP contribution is -2.56. The Labute approximate surface area is 192 Å². The van der Waals surface area contributed by atoms with Gasteiger partial charge >= 0.3 is 12.3 Å². The van der Waals surface area contributed by atoms with E-state index >= 15 is 0 Å². The van der Waals surface area contributed by atoms with Crippen LogP contribution in [0.1, 0.15) is 19.4 Å². The van der Waals surface area contributed by atoms with Crippen LogP contribution < -0.4 is 10.6 Å². The van der Waals surface area contributed by atoms with Crippen LogP contribution in [0.5, 0.6) is 0 Å². The SMILES string of the molecule is CCNC(=NCc1ccc(NC(=O)OC)cc1)N1CCN(C(C)C(F)(F)F)CC1.I. The van der Waals surface area contributed by atoms with Gasteiger partial charge in [0.25, 0.3) is 0 Å². The Morgan fingerprint density at radius 1 is 1.20 bits per heavy atom. The number of ether oxygens (including phenoxy) is 1. The largest absolute Gasteiger partial charge is 0.453 e. The number of hydrogen-bond acceptors (Lipinski definition) is 4. The molecule has 0 saturated carbocycles. The molecule has 2 N–H and O–H groups in total. The minimum Gasteiger partial charge on any atom is -0.453 e. The molecule has 1 atom stereocenters. The highest BCUT2D eigenvalue weighted by atomic mass is 127. The summed E-state index contributed by atoms with van der Waals surface area (Å²) < 4.78 is 43.3. The number of halogens is 4. The number of nitrogens with one attached hydrogen (secondary N) is 2. The second kappa shape index (κ2) is 12.2. The zero-order valence-electron chi connectivity index (χ0n) is 17.3. The molecule has 1 unspecified atom stereocenters. The summed E-state index contributed by atoms with van der Waals surface area (Å²) in [4.78, 5) is 19.3. The number of nitrogens with zero attached hydrogens (tertiary/aromatic N) is 3. The number of aliphatic imine (C=N–C) groups is 1. The number of alkyl halides is 3. The molecule has 1 fully saturated rings. The van der Waals surface area contributed by atoms with E-state index < -0.39 is 18.3 Å². The van der Waals surface area contributed by atoms with Crippen LogP contribution in [0.3, 0.4) is 0 Å². The predicted octanol–water partition coefficient (Wildman–Crippen LogP) is 3.52. The van der Waals surface area contributed by atoms with Gasteiger partial charge in [0.2, 0.25) is 0 Å². The van der Waals surface area contributed by atoms with Crippen LogP contribution in [0, 0.1) is 0 Å². The van der Waals surface area contributed by atoms with Crippen LogP contribution in [-0.2, 0) is 11.3 Å². The second-order valence-electron chi connectivity index (χ2n) is 6.72. The van der Waals surface area contributed by atoms with Crippen LogP contribution in [-0.4, -0.2) is 73.9 Å². The first-order valence-corrected chi connectivity index (χ1v) is 9.52. The lowest BCUT2D eigenvalue weighted by atomic mass is 10.2. The van der Waals surface area contributed by atoms with E-state index in [9.17, 15) is 18.0 Å². The summed E-state index contributed by atoms with van der Waals surface area (Å²) in [7, 11) is 1.30. The highest BCUT2D eigenvalue weighted by molar-refractivity contribution is 14.0. The summed E-state index contributed by atoms with van der Waals surface area (Å²) in [5, 5.41) is 5.78. The van der Waals surface area contributed by atoms with Crippen molar-refractivity contribution in [3.63, 3.8) is 0 Å². The fourth-order valence-corrected chi connectivity index (χ4v) is 2.98. The number of anilines is 1. The summed E-state index contributed by atoms with van der Waals surface area (Å²) in [6.07, 6.45) is -4.75. The second-order valence-corrected chi connectivity index (χ2v) is 6.72. The number of methoxy groups -OCH3 is 1. The van der Waals surface area contributed by atoms with Crippen molar-refractivity contribution in [3.05, 3.63) is 29.8 Å². The Balaban J connectivity index is 0.00000450. The molecule has 1 aliphatic heterocycles. The molecule has 0 aromatic heterocycles. The van der Waals surface area contributed by atoms with Gasteiger partial charge in [-0.1, -0.05) is 12.1 Å². The van der Waals surface area contributed by atoms with Crippen LogP contribution in [0.25, 0.3) is 0 Å². The van der Waals surface area contributed by atoms with Crippen LogP contribution in [0.4, 0.5) is 23.7 Å². The number of carbonyl (C=O) groups excluding carboxylic acids is 1. The first-order chi connectivity index (χ1) is 13.7. The molecule has 30 heavy (non-hydrogen) atoms. The van der Waals surface area contributed by atoms with Crippen molar-refractivity contribution in [3.8, 4) is 0 Å². The normalized spacial score (nSPS) is 16.5. The Bertz CT molecular complexity index is 692. The number of carbonyl (C=O) groups is 1. The molecule has 0 radical (unpaired) electrons. The predicted molar refractivity (Wildman–Crippen MR) is 121 cm³/mol. The molecule has 1 amide bonds. The number of guanidine groups is 1. The monoisotopic (exact) mass is 543 g/mol. The van der Waals surface area contributed by atoms with E-state index in [0.717, 1.165) is 5.56 Å². The molecule has 170 valence electrons. The Hall–Kier alpha value is -1.76. The van der Waals surface area contributed by atoms with Gasteiger partial charge in [-0.15, -0.1) is 24.0 Å². The lowest BCUT2D eigenvalue weighted by Gasteiger charge is -2.39. The Kier molecular flexibility index (Phi) is 10.7. The van der Waals surface area contributed by atoms with E-state index in [2.05, 4.69) is 20.4 Å². The van der Waals surface area contributed by atoms with Gasteiger partial charge in [0.1, 0.15) is 6.04 Å². The smallest absolute Gasteiger partial charge is 0.411 e. The average Bonchev–Trinajstić information content (AvgIpc) is 2.71. The zero-order valence-corrected chi connectivity index (χ0v) is 19.7. The first-order valence-electron chi connectivity index (χ1n) is 9.52. The van der Waals surface area contributed by atoms with Crippen molar-refractivity contribution in [1.29, 1.82) is 0 Å². The van der Waals surface area contributed by atoms with Gasteiger partial charge in [-0.25, -0.2) is 9.79 Å². The lowest BCUT2D eigenvalue weighted by molar-refractivity contribution is -0.181. The third-order valence-corrected chi connectivity index (χ3v) is 4.77. The Morgan fingerprint density at radius 3 is 2.30 bits per heavy atom. The quantitative estimate of drug-likeness (QED) is 0.338. The molecule has 1 saturated heterocycles. The highest BCUT2D eigenvalue weighted by Crippen LogP contribution is 2.25. The van der Waals surface area contributed by atoms with Gasteiger partial charge < -0.3 is 15.0 Å². The number of piperazine rings is 1. The van der Waals surface area contributed by atoms with Gasteiger partial charge in [-0.3, -0.25) is 10.2 Å². The number of hydrogen-bond donors (Lipinski definition) is 2. The van der Waals surface area contributed by atoms with E-state index in [1.807, 2.05) is 24.0 Å². The maximum absolute atomic E-state index is 12.9. The number of benzene rings is 1. The van der Waals surface area contributed by atoms with E-state index in [-0.39, 0.29) is 24.0 Å². The average molecular weight is 543 g/mol. The fourth-order valence-electron chi connectivity index (χ4n) is 2.98. The van der Waals surface area contributed by atoms with Crippen molar-refractivity contribution in [2.24, 2.45) is 4.99 Å². The third kappa shape index (κ3) is 7.82. The van der Waals surface area contributed by atoms with Gasteiger partial charge in [0.15, 0.2) is 5.96 Å². The molecule has 1 heterocycles. The van der Waals surface area contributed by atoms with Crippen LogP contribution in [0.2, 0.25) is 0 Å². The maximum Gasteiger partial charge on any atom is 0.411 e. The molecule has 0 spiro atoms. The maximum atomic E-state index is 12.9.